The fourth-order valence-electron chi connectivity index (χ4n) is 6.22. The van der Waals surface area contributed by atoms with Gasteiger partial charge in [-0.25, -0.2) is 4.79 Å². The normalized spacial score (nSPS) is 33.3. The average Bonchev–Trinajstić information content (AvgIpc) is 3.09. The van der Waals surface area contributed by atoms with Crippen LogP contribution in [0.3, 0.4) is 0 Å². The maximum Gasteiger partial charge on any atom is 0.324 e. The van der Waals surface area contributed by atoms with E-state index in [1.807, 2.05) is 0 Å². The third kappa shape index (κ3) is 4.12. The Morgan fingerprint density at radius 1 is 1.17 bits per heavy atom. The van der Waals surface area contributed by atoms with E-state index in [2.05, 4.69) is 10.6 Å². The highest BCUT2D eigenvalue weighted by Crippen LogP contribution is 2.60. The van der Waals surface area contributed by atoms with Crippen molar-refractivity contribution in [1.82, 2.24) is 15.5 Å². The number of rotatable bonds is 7. The molecule has 0 spiro atoms. The first kappa shape index (κ1) is 20.2. The molecule has 4 aliphatic carbocycles. The zero-order valence-electron chi connectivity index (χ0n) is 17.1. The molecule has 1 saturated heterocycles. The molecule has 4 bridgehead atoms. The van der Waals surface area contributed by atoms with Crippen LogP contribution in [-0.4, -0.2) is 54.5 Å². The second-order valence-corrected chi connectivity index (χ2v) is 9.41. The molecule has 4 saturated carbocycles. The van der Waals surface area contributed by atoms with Crippen LogP contribution in [0, 0.1) is 23.2 Å². The number of carbonyl (C=O) groups is 4. The Labute approximate surface area is 171 Å². The highest BCUT2D eigenvalue weighted by molar-refractivity contribution is 5.98. The maximum absolute atomic E-state index is 12.9. The van der Waals surface area contributed by atoms with Crippen molar-refractivity contribution in [3.05, 3.63) is 0 Å². The Morgan fingerprint density at radius 2 is 1.79 bits per heavy atom. The average molecular weight is 405 g/mol. The molecule has 0 radical (unpaired) electrons. The molecule has 8 heteroatoms. The highest BCUT2D eigenvalue weighted by Gasteiger charge is 2.54. The Morgan fingerprint density at radius 3 is 2.34 bits per heavy atom. The fraction of sp³-hybridized carbons (Fsp3) is 0.810. The van der Waals surface area contributed by atoms with Gasteiger partial charge in [-0.15, -0.1) is 0 Å². The van der Waals surface area contributed by atoms with E-state index in [0.717, 1.165) is 41.9 Å². The first-order chi connectivity index (χ1) is 13.9. The van der Waals surface area contributed by atoms with Gasteiger partial charge in [0.25, 0.3) is 5.91 Å². The van der Waals surface area contributed by atoms with E-state index < -0.39 is 24.0 Å². The lowest BCUT2D eigenvalue weighted by Gasteiger charge is -2.55. The van der Waals surface area contributed by atoms with Gasteiger partial charge in [0, 0.05) is 31.5 Å². The third-order valence-corrected chi connectivity index (χ3v) is 7.14. The molecule has 0 unspecified atom stereocenters. The van der Waals surface area contributed by atoms with E-state index in [4.69, 9.17) is 4.74 Å². The molecule has 160 valence electrons. The number of urea groups is 1. The van der Waals surface area contributed by atoms with E-state index in [1.54, 1.807) is 0 Å². The minimum absolute atomic E-state index is 0.130. The van der Waals surface area contributed by atoms with Crippen LogP contribution < -0.4 is 10.6 Å². The minimum atomic E-state index is -0.993. The van der Waals surface area contributed by atoms with Crippen LogP contribution in [-0.2, 0) is 19.1 Å². The zero-order valence-corrected chi connectivity index (χ0v) is 17.1. The lowest BCUT2D eigenvalue weighted by molar-refractivity contribution is -0.157. The van der Waals surface area contributed by atoms with Gasteiger partial charge in [0.2, 0.25) is 5.91 Å². The molecule has 1 atom stereocenters. The molecule has 1 heterocycles. The van der Waals surface area contributed by atoms with Gasteiger partial charge in [-0.3, -0.25) is 19.3 Å². The maximum atomic E-state index is 12.9. The lowest BCUT2D eigenvalue weighted by Crippen LogP contribution is -2.53. The van der Waals surface area contributed by atoms with Gasteiger partial charge in [0.15, 0.2) is 6.10 Å². The van der Waals surface area contributed by atoms with Crippen LogP contribution in [0.1, 0.15) is 58.3 Å². The number of nitrogens with zero attached hydrogens (tertiary/aromatic N) is 1. The molecule has 0 aromatic heterocycles. The van der Waals surface area contributed by atoms with Gasteiger partial charge in [-0.1, -0.05) is 0 Å². The van der Waals surface area contributed by atoms with Crippen molar-refractivity contribution >= 4 is 23.8 Å². The summed E-state index contributed by atoms with van der Waals surface area (Å²) in [6, 6.07) is -0.453. The monoisotopic (exact) mass is 405 g/mol. The van der Waals surface area contributed by atoms with E-state index >= 15 is 0 Å². The van der Waals surface area contributed by atoms with Gasteiger partial charge in [-0.05, 0) is 69.6 Å². The number of hydrogen-bond acceptors (Lipinski definition) is 5. The van der Waals surface area contributed by atoms with Crippen molar-refractivity contribution in [2.24, 2.45) is 23.2 Å². The highest BCUT2D eigenvalue weighted by atomic mass is 16.5. The van der Waals surface area contributed by atoms with Crippen LogP contribution in [0.2, 0.25) is 0 Å². The van der Waals surface area contributed by atoms with Gasteiger partial charge in [0.05, 0.1) is 0 Å². The zero-order chi connectivity index (χ0) is 20.6. The molecular formula is C21H31N3O5. The topological polar surface area (TPSA) is 105 Å². The molecule has 2 N–H and O–H groups in total. The first-order valence-corrected chi connectivity index (χ1v) is 10.9. The number of amides is 4. The van der Waals surface area contributed by atoms with E-state index in [1.165, 1.54) is 26.2 Å². The second-order valence-electron chi connectivity index (χ2n) is 9.41. The number of nitrogens with one attached hydrogen (secondary N) is 2. The van der Waals surface area contributed by atoms with Gasteiger partial charge >= 0.3 is 12.0 Å². The standard InChI is InChI=1S/C21H31N3O5/c1-13(18(26)24-6-5-23-20(24)28)29-17(25)3-2-4-22-19(27)21-10-14-7-15(11-21)9-16(8-14)12-21/h13-16H,2-12H2,1H3,(H,22,27)(H,23,28)/t13-,14?,15?,16?,21?/m1/s1. The predicted molar refractivity (Wildman–Crippen MR) is 104 cm³/mol. The van der Waals surface area contributed by atoms with Crippen molar-refractivity contribution in [2.75, 3.05) is 19.6 Å². The smallest absolute Gasteiger partial charge is 0.324 e. The van der Waals surface area contributed by atoms with Crippen molar-refractivity contribution in [3.63, 3.8) is 0 Å². The molecule has 5 fully saturated rings. The van der Waals surface area contributed by atoms with Gasteiger partial charge in [-0.2, -0.15) is 0 Å². The molecule has 5 rings (SSSR count). The Balaban J connectivity index is 1.17. The SMILES string of the molecule is C[C@@H](OC(=O)CCCNC(=O)C12CC3CC(CC(C3)C1)C2)C(=O)N1CCNC1=O. The van der Waals surface area contributed by atoms with E-state index in [9.17, 15) is 19.2 Å². The Hall–Kier alpha value is -2.12. The van der Waals surface area contributed by atoms with Crippen LogP contribution in [0.25, 0.3) is 0 Å². The summed E-state index contributed by atoms with van der Waals surface area (Å²) in [5.74, 6) is 1.32. The summed E-state index contributed by atoms with van der Waals surface area (Å²) in [5, 5.41) is 5.59. The van der Waals surface area contributed by atoms with Gasteiger partial charge in [0.1, 0.15) is 0 Å². The predicted octanol–water partition coefficient (Wildman–Crippen LogP) is 1.58. The van der Waals surface area contributed by atoms with Crippen LogP contribution in [0.15, 0.2) is 0 Å². The molecule has 5 aliphatic rings. The quantitative estimate of drug-likeness (QED) is 0.494. The minimum Gasteiger partial charge on any atom is -0.453 e. The summed E-state index contributed by atoms with van der Waals surface area (Å²) < 4.78 is 5.16. The summed E-state index contributed by atoms with van der Waals surface area (Å²) in [7, 11) is 0. The summed E-state index contributed by atoms with van der Waals surface area (Å²) >= 11 is 0. The van der Waals surface area contributed by atoms with Crippen molar-refractivity contribution < 1.29 is 23.9 Å². The molecule has 1 aliphatic heterocycles. The molecule has 0 aromatic carbocycles. The number of carbonyl (C=O) groups excluding carboxylic acids is 4. The van der Waals surface area contributed by atoms with Crippen LogP contribution in [0.4, 0.5) is 4.79 Å². The molecule has 0 aromatic rings. The summed E-state index contributed by atoms with van der Waals surface area (Å²) in [6.45, 7) is 2.61. The number of hydrogen-bond donors (Lipinski definition) is 2. The Bertz CT molecular complexity index is 671. The van der Waals surface area contributed by atoms with E-state index in [0.29, 0.717) is 19.5 Å². The van der Waals surface area contributed by atoms with Crippen molar-refractivity contribution in [3.8, 4) is 0 Å². The van der Waals surface area contributed by atoms with Crippen LogP contribution in [0.5, 0.6) is 0 Å². The van der Waals surface area contributed by atoms with Crippen LogP contribution >= 0.6 is 0 Å². The summed E-state index contributed by atoms with van der Waals surface area (Å²) in [5.41, 5.74) is -0.174. The Kier molecular flexibility index (Phi) is 5.53. The summed E-state index contributed by atoms with van der Waals surface area (Å²) in [6.07, 6.45) is 6.58. The number of imide groups is 1. The molecule has 4 amide bonds. The molecular weight excluding hydrogens is 374 g/mol. The first-order valence-electron chi connectivity index (χ1n) is 10.9. The molecule has 8 nitrogen and oxygen atoms in total. The fourth-order valence-corrected chi connectivity index (χ4v) is 6.22. The van der Waals surface area contributed by atoms with Gasteiger partial charge < -0.3 is 15.4 Å². The van der Waals surface area contributed by atoms with Crippen molar-refractivity contribution in [1.29, 1.82) is 0 Å². The largest absolute Gasteiger partial charge is 0.453 e. The third-order valence-electron chi connectivity index (χ3n) is 7.14. The second kappa shape index (κ2) is 7.95. The van der Waals surface area contributed by atoms with Crippen molar-refractivity contribution in [2.45, 2.75) is 64.4 Å². The molecule has 29 heavy (non-hydrogen) atoms. The lowest BCUT2D eigenvalue weighted by atomic mass is 9.49. The number of ether oxygens (including phenoxy) is 1. The summed E-state index contributed by atoms with van der Waals surface area (Å²) in [4.78, 5) is 49.6. The van der Waals surface area contributed by atoms with E-state index in [-0.39, 0.29) is 24.3 Å². The number of esters is 1.